The number of hydrogen-bond acceptors (Lipinski definition) is 3. The molecule has 1 heterocycles. The summed E-state index contributed by atoms with van der Waals surface area (Å²) in [6.45, 7) is 2.29. The predicted molar refractivity (Wildman–Crippen MR) is 61.9 cm³/mol. The van der Waals surface area contributed by atoms with Crippen molar-refractivity contribution in [2.24, 2.45) is 5.92 Å². The van der Waals surface area contributed by atoms with Gasteiger partial charge in [-0.25, -0.2) is 9.86 Å². The van der Waals surface area contributed by atoms with Crippen molar-refractivity contribution in [1.29, 1.82) is 0 Å². The van der Waals surface area contributed by atoms with Crippen LogP contribution in [0.25, 0.3) is 0 Å². The van der Waals surface area contributed by atoms with Gasteiger partial charge in [-0.1, -0.05) is 0 Å². The summed E-state index contributed by atoms with van der Waals surface area (Å²) in [6.07, 6.45) is 1.88. The number of furan rings is 1. The summed E-state index contributed by atoms with van der Waals surface area (Å²) in [4.78, 5) is 11.0. The molecule has 2 N–H and O–H groups in total. The van der Waals surface area contributed by atoms with E-state index in [4.69, 9.17) is 4.42 Å². The zero-order valence-corrected chi connectivity index (χ0v) is 10.1. The van der Waals surface area contributed by atoms with E-state index in [0.29, 0.717) is 18.4 Å². The second-order valence-corrected chi connectivity index (χ2v) is 4.52. The molecule has 1 aromatic heterocycles. The van der Waals surface area contributed by atoms with Crippen LogP contribution in [0.15, 0.2) is 16.5 Å². The van der Waals surface area contributed by atoms with Crippen LogP contribution < -0.4 is 5.32 Å². The lowest BCUT2D eigenvalue weighted by atomic mass is 10.2. The van der Waals surface area contributed by atoms with E-state index < -0.39 is 6.03 Å². The van der Waals surface area contributed by atoms with E-state index in [1.54, 1.807) is 0 Å². The molecule has 0 aliphatic heterocycles. The molecule has 2 rings (SSSR count). The van der Waals surface area contributed by atoms with Crippen LogP contribution in [0.1, 0.15) is 30.3 Å². The number of hydrogen-bond donors (Lipinski definition) is 2. The third kappa shape index (κ3) is 2.79. The molecule has 0 radical (unpaired) electrons. The maximum Gasteiger partial charge on any atom is 0.340 e. The van der Waals surface area contributed by atoms with Crippen molar-refractivity contribution >= 4 is 6.03 Å². The average Bonchev–Trinajstić information content (AvgIpc) is 2.98. The van der Waals surface area contributed by atoms with Gasteiger partial charge < -0.3 is 9.73 Å². The molecule has 0 bridgehead atoms. The molecule has 17 heavy (non-hydrogen) atoms. The van der Waals surface area contributed by atoms with Crippen LogP contribution in [0, 0.1) is 12.8 Å². The van der Waals surface area contributed by atoms with Gasteiger partial charge in [-0.15, -0.1) is 0 Å². The van der Waals surface area contributed by atoms with Gasteiger partial charge in [0.2, 0.25) is 0 Å². The fraction of sp³-hybridized carbons (Fsp3) is 0.583. The van der Waals surface area contributed by atoms with E-state index in [9.17, 15) is 10.0 Å². The molecule has 1 saturated carbocycles. The minimum atomic E-state index is -0.462. The topological polar surface area (TPSA) is 65.7 Å². The number of carbonyl (C=O) groups is 1. The second-order valence-electron chi connectivity index (χ2n) is 4.52. The highest BCUT2D eigenvalue weighted by atomic mass is 16.5. The number of urea groups is 1. The standard InChI is InChI=1S/C12H18N2O3/c1-8-3-4-11(17-8)10-7-9(10)5-6-14(16)12(15)13-2/h3-4,9-10,16H,5-7H2,1-2H3,(H,13,15). The molecule has 0 aromatic carbocycles. The van der Waals surface area contributed by atoms with Gasteiger partial charge in [0.05, 0.1) is 6.54 Å². The maximum atomic E-state index is 11.0. The Balaban J connectivity index is 1.75. The van der Waals surface area contributed by atoms with Gasteiger partial charge >= 0.3 is 6.03 Å². The summed E-state index contributed by atoms with van der Waals surface area (Å²) in [6, 6.07) is 3.51. The second kappa shape index (κ2) is 4.79. The van der Waals surface area contributed by atoms with Crippen LogP contribution in [0.5, 0.6) is 0 Å². The first-order valence-electron chi connectivity index (χ1n) is 5.86. The Kier molecular flexibility index (Phi) is 3.38. The summed E-state index contributed by atoms with van der Waals surface area (Å²) in [5, 5.41) is 12.5. The third-order valence-corrected chi connectivity index (χ3v) is 3.21. The normalized spacial score (nSPS) is 22.3. The molecule has 2 amide bonds. The van der Waals surface area contributed by atoms with Gasteiger partial charge in [-0.2, -0.15) is 0 Å². The van der Waals surface area contributed by atoms with Crippen LogP contribution in [0.3, 0.4) is 0 Å². The smallest absolute Gasteiger partial charge is 0.340 e. The van der Waals surface area contributed by atoms with Gasteiger partial charge in [0.15, 0.2) is 0 Å². The zero-order valence-electron chi connectivity index (χ0n) is 10.1. The number of hydroxylamine groups is 2. The van der Waals surface area contributed by atoms with Gasteiger partial charge in [0.1, 0.15) is 11.5 Å². The SMILES string of the molecule is CNC(=O)N(O)CCC1CC1c1ccc(C)o1. The number of aryl methyl sites for hydroxylation is 1. The Bertz CT molecular complexity index is 402. The van der Waals surface area contributed by atoms with Crippen LogP contribution in [-0.2, 0) is 0 Å². The average molecular weight is 238 g/mol. The summed E-state index contributed by atoms with van der Waals surface area (Å²) >= 11 is 0. The van der Waals surface area contributed by atoms with Crippen molar-refractivity contribution in [2.75, 3.05) is 13.6 Å². The lowest BCUT2D eigenvalue weighted by Gasteiger charge is -2.13. The lowest BCUT2D eigenvalue weighted by Crippen LogP contribution is -2.36. The highest BCUT2D eigenvalue weighted by Gasteiger charge is 2.40. The predicted octanol–water partition coefficient (Wildman–Crippen LogP) is 2.11. The fourth-order valence-electron chi connectivity index (χ4n) is 2.09. The van der Waals surface area contributed by atoms with E-state index in [2.05, 4.69) is 5.32 Å². The summed E-state index contributed by atoms with van der Waals surface area (Å²) in [5.41, 5.74) is 0. The molecule has 0 spiro atoms. The van der Waals surface area contributed by atoms with Crippen LogP contribution in [0.2, 0.25) is 0 Å². The van der Waals surface area contributed by atoms with Crippen molar-refractivity contribution in [3.05, 3.63) is 23.7 Å². The van der Waals surface area contributed by atoms with Gasteiger partial charge in [-0.05, 0) is 37.8 Å². The Labute approximate surface area is 100 Å². The van der Waals surface area contributed by atoms with Gasteiger partial charge in [-0.3, -0.25) is 5.21 Å². The molecule has 5 nitrogen and oxygen atoms in total. The quantitative estimate of drug-likeness (QED) is 0.623. The highest BCUT2D eigenvalue weighted by molar-refractivity contribution is 5.72. The van der Waals surface area contributed by atoms with E-state index in [0.717, 1.165) is 29.4 Å². The third-order valence-electron chi connectivity index (χ3n) is 3.21. The lowest BCUT2D eigenvalue weighted by molar-refractivity contribution is -0.0441. The van der Waals surface area contributed by atoms with E-state index in [1.165, 1.54) is 7.05 Å². The Morgan fingerprint density at radius 3 is 3.00 bits per heavy atom. The monoisotopic (exact) mass is 238 g/mol. The van der Waals surface area contributed by atoms with E-state index in [-0.39, 0.29) is 0 Å². The molecule has 1 aromatic rings. The first-order valence-corrected chi connectivity index (χ1v) is 5.86. The minimum Gasteiger partial charge on any atom is -0.466 e. The number of nitrogens with one attached hydrogen (secondary N) is 1. The van der Waals surface area contributed by atoms with Gasteiger partial charge in [0.25, 0.3) is 0 Å². The van der Waals surface area contributed by atoms with Gasteiger partial charge in [0, 0.05) is 13.0 Å². The molecule has 2 atom stereocenters. The molecule has 1 fully saturated rings. The van der Waals surface area contributed by atoms with Crippen LogP contribution >= 0.6 is 0 Å². The Hall–Kier alpha value is -1.49. The Morgan fingerprint density at radius 2 is 2.41 bits per heavy atom. The highest BCUT2D eigenvalue weighted by Crippen LogP contribution is 2.49. The molecule has 1 aliphatic carbocycles. The summed E-state index contributed by atoms with van der Waals surface area (Å²) in [5.74, 6) is 2.93. The van der Waals surface area contributed by atoms with Crippen molar-refractivity contribution in [1.82, 2.24) is 10.4 Å². The summed E-state index contributed by atoms with van der Waals surface area (Å²) in [7, 11) is 1.50. The summed E-state index contributed by atoms with van der Waals surface area (Å²) < 4.78 is 5.56. The molecule has 1 aliphatic rings. The van der Waals surface area contributed by atoms with Crippen molar-refractivity contribution in [3.8, 4) is 0 Å². The number of rotatable bonds is 4. The van der Waals surface area contributed by atoms with Crippen LogP contribution in [-0.4, -0.2) is 29.9 Å². The number of nitrogens with zero attached hydrogens (tertiary/aromatic N) is 1. The van der Waals surface area contributed by atoms with Crippen molar-refractivity contribution in [2.45, 2.75) is 25.7 Å². The van der Waals surface area contributed by atoms with E-state index in [1.807, 2.05) is 19.1 Å². The van der Waals surface area contributed by atoms with Crippen LogP contribution in [0.4, 0.5) is 4.79 Å². The molecule has 5 heteroatoms. The largest absolute Gasteiger partial charge is 0.466 e. The minimum absolute atomic E-state index is 0.362. The van der Waals surface area contributed by atoms with Crippen molar-refractivity contribution in [3.63, 3.8) is 0 Å². The maximum absolute atomic E-state index is 11.0. The first kappa shape index (κ1) is 12.0. The molecular formula is C12H18N2O3. The Morgan fingerprint density at radius 1 is 1.65 bits per heavy atom. The zero-order chi connectivity index (χ0) is 12.4. The first-order chi connectivity index (χ1) is 8.11. The number of carbonyl (C=O) groups excluding carboxylic acids is 1. The van der Waals surface area contributed by atoms with Crippen molar-refractivity contribution < 1.29 is 14.4 Å². The molecule has 2 unspecified atom stereocenters. The van der Waals surface area contributed by atoms with E-state index >= 15 is 0 Å². The molecule has 94 valence electrons. The number of amides is 2. The molecule has 0 saturated heterocycles. The molecular weight excluding hydrogens is 220 g/mol. The fourth-order valence-corrected chi connectivity index (χ4v) is 2.09.